The van der Waals surface area contributed by atoms with Gasteiger partial charge >= 0.3 is 0 Å². The maximum atomic E-state index is 5.84. The van der Waals surface area contributed by atoms with Crippen molar-refractivity contribution in [3.8, 4) is 23.0 Å². The summed E-state index contributed by atoms with van der Waals surface area (Å²) in [6.45, 7) is 6.57. The van der Waals surface area contributed by atoms with Crippen LogP contribution in [0.25, 0.3) is 0 Å². The third-order valence-electron chi connectivity index (χ3n) is 2.84. The second-order valence-electron chi connectivity index (χ2n) is 5.22. The zero-order chi connectivity index (χ0) is 12.0. The molecule has 0 bridgehead atoms. The number of ether oxygens (including phenoxy) is 2. The number of hydrogen-bond acceptors (Lipinski definition) is 3. The van der Waals surface area contributed by atoms with E-state index in [2.05, 4.69) is 32.9 Å². The predicted molar refractivity (Wildman–Crippen MR) is 69.6 cm³/mol. The minimum atomic E-state index is 0.118. The van der Waals surface area contributed by atoms with Crippen molar-refractivity contribution in [1.82, 2.24) is 0 Å². The molecule has 1 aromatic carbocycles. The van der Waals surface area contributed by atoms with E-state index in [1.807, 2.05) is 16.8 Å². The summed E-state index contributed by atoms with van der Waals surface area (Å²) in [7, 11) is 0. The van der Waals surface area contributed by atoms with Crippen molar-refractivity contribution in [3.05, 3.63) is 34.5 Å². The van der Waals surface area contributed by atoms with Gasteiger partial charge in [0.15, 0.2) is 23.0 Å². The molecular weight excluding hydrogens is 232 g/mol. The summed E-state index contributed by atoms with van der Waals surface area (Å²) in [5.41, 5.74) is 1.37. The first kappa shape index (κ1) is 10.7. The molecule has 1 aromatic heterocycles. The van der Waals surface area contributed by atoms with E-state index in [-0.39, 0.29) is 5.41 Å². The number of rotatable bonds is 0. The Morgan fingerprint density at radius 2 is 1.53 bits per heavy atom. The Kier molecular flexibility index (Phi) is 2.20. The van der Waals surface area contributed by atoms with Crippen LogP contribution in [0.1, 0.15) is 26.3 Å². The molecule has 3 heteroatoms. The molecule has 0 atom stereocenters. The fourth-order valence-corrected chi connectivity index (χ4v) is 2.44. The van der Waals surface area contributed by atoms with Gasteiger partial charge in [-0.15, -0.1) is 11.3 Å². The summed E-state index contributed by atoms with van der Waals surface area (Å²) >= 11 is 1.59. The molecule has 2 nitrogen and oxygen atoms in total. The molecule has 2 heterocycles. The van der Waals surface area contributed by atoms with E-state index in [1.165, 1.54) is 5.56 Å². The average molecular weight is 246 g/mol. The lowest BCUT2D eigenvalue weighted by Gasteiger charge is -2.23. The number of fused-ring (bicyclic) bond motifs is 2. The summed E-state index contributed by atoms with van der Waals surface area (Å²) in [5, 5.41) is 3.91. The summed E-state index contributed by atoms with van der Waals surface area (Å²) in [6, 6.07) is 6.14. The highest BCUT2D eigenvalue weighted by atomic mass is 32.1. The molecule has 3 rings (SSSR count). The largest absolute Gasteiger partial charge is 0.449 e. The molecule has 0 N–H and O–H groups in total. The van der Waals surface area contributed by atoms with Crippen LogP contribution in [0, 0.1) is 0 Å². The molecule has 0 radical (unpaired) electrons. The fourth-order valence-electron chi connectivity index (χ4n) is 1.80. The van der Waals surface area contributed by atoms with Crippen LogP contribution in [-0.4, -0.2) is 0 Å². The van der Waals surface area contributed by atoms with Gasteiger partial charge in [-0.1, -0.05) is 26.8 Å². The standard InChI is InChI=1S/C14H14O2S/c1-14(2,3)9-4-5-10-11(6-9)16-13-8-17-7-12(13)15-10/h4-8H,1-3H3. The van der Waals surface area contributed by atoms with Gasteiger partial charge in [-0.3, -0.25) is 0 Å². The van der Waals surface area contributed by atoms with Crippen molar-refractivity contribution in [2.75, 3.05) is 0 Å². The molecule has 0 amide bonds. The lowest BCUT2D eigenvalue weighted by molar-refractivity contribution is 0.361. The Hall–Kier alpha value is -1.48. The van der Waals surface area contributed by atoms with Crippen molar-refractivity contribution >= 4 is 11.3 Å². The second-order valence-corrected chi connectivity index (χ2v) is 5.96. The Morgan fingerprint density at radius 3 is 2.18 bits per heavy atom. The molecule has 0 spiro atoms. The van der Waals surface area contributed by atoms with E-state index < -0.39 is 0 Å². The topological polar surface area (TPSA) is 18.5 Å². The normalized spacial score (nSPS) is 13.4. The Morgan fingerprint density at radius 1 is 0.882 bits per heavy atom. The van der Waals surface area contributed by atoms with Crippen LogP contribution >= 0.6 is 11.3 Å². The summed E-state index contributed by atoms with van der Waals surface area (Å²) in [4.78, 5) is 0. The van der Waals surface area contributed by atoms with E-state index in [9.17, 15) is 0 Å². The molecule has 1 aliphatic heterocycles. The zero-order valence-corrected chi connectivity index (χ0v) is 10.9. The monoisotopic (exact) mass is 246 g/mol. The van der Waals surface area contributed by atoms with Gasteiger partial charge in [-0.25, -0.2) is 0 Å². The van der Waals surface area contributed by atoms with E-state index in [4.69, 9.17) is 9.47 Å². The lowest BCUT2D eigenvalue weighted by Crippen LogP contribution is -2.11. The number of thiophene rings is 1. The summed E-state index contributed by atoms with van der Waals surface area (Å²) < 4.78 is 11.6. The molecule has 0 fully saturated rings. The van der Waals surface area contributed by atoms with E-state index in [0.29, 0.717) is 0 Å². The molecule has 0 saturated heterocycles. The molecule has 88 valence electrons. The van der Waals surface area contributed by atoms with Gasteiger partial charge in [-0.2, -0.15) is 0 Å². The van der Waals surface area contributed by atoms with Gasteiger partial charge in [0.2, 0.25) is 0 Å². The summed E-state index contributed by atoms with van der Waals surface area (Å²) in [6.07, 6.45) is 0. The molecule has 2 aromatic rings. The fraction of sp³-hybridized carbons (Fsp3) is 0.286. The van der Waals surface area contributed by atoms with Crippen LogP contribution in [-0.2, 0) is 5.41 Å². The average Bonchev–Trinajstić information content (AvgIpc) is 2.70. The van der Waals surface area contributed by atoms with Gasteiger partial charge in [0.25, 0.3) is 0 Å². The Bertz CT molecular complexity index is 564. The minimum absolute atomic E-state index is 0.118. The van der Waals surface area contributed by atoms with Crippen molar-refractivity contribution in [1.29, 1.82) is 0 Å². The van der Waals surface area contributed by atoms with Crippen LogP contribution in [0.15, 0.2) is 29.0 Å². The highest BCUT2D eigenvalue weighted by molar-refractivity contribution is 7.08. The first-order chi connectivity index (χ1) is 8.04. The summed E-state index contributed by atoms with van der Waals surface area (Å²) in [5.74, 6) is 3.23. The number of hydrogen-bond donors (Lipinski definition) is 0. The van der Waals surface area contributed by atoms with Crippen LogP contribution < -0.4 is 9.47 Å². The zero-order valence-electron chi connectivity index (χ0n) is 10.1. The first-order valence-corrected chi connectivity index (χ1v) is 6.55. The third-order valence-corrected chi connectivity index (χ3v) is 3.54. The van der Waals surface area contributed by atoms with Gasteiger partial charge < -0.3 is 9.47 Å². The van der Waals surface area contributed by atoms with Crippen molar-refractivity contribution in [2.45, 2.75) is 26.2 Å². The van der Waals surface area contributed by atoms with E-state index in [1.54, 1.807) is 11.3 Å². The molecule has 0 saturated carbocycles. The minimum Gasteiger partial charge on any atom is -0.449 e. The highest BCUT2D eigenvalue weighted by Crippen LogP contribution is 2.47. The third kappa shape index (κ3) is 1.80. The quantitative estimate of drug-likeness (QED) is 0.559. The van der Waals surface area contributed by atoms with Crippen molar-refractivity contribution in [2.24, 2.45) is 0 Å². The highest BCUT2D eigenvalue weighted by Gasteiger charge is 2.22. The van der Waals surface area contributed by atoms with Gasteiger partial charge in [-0.05, 0) is 23.1 Å². The van der Waals surface area contributed by atoms with Crippen LogP contribution in [0.3, 0.4) is 0 Å². The molecule has 0 unspecified atom stereocenters. The van der Waals surface area contributed by atoms with Gasteiger partial charge in [0, 0.05) is 10.8 Å². The maximum absolute atomic E-state index is 5.84. The smallest absolute Gasteiger partial charge is 0.180 e. The van der Waals surface area contributed by atoms with Crippen LogP contribution in [0.4, 0.5) is 0 Å². The second kappa shape index (κ2) is 3.50. The Labute approximate surface area is 105 Å². The molecule has 0 aliphatic carbocycles. The SMILES string of the molecule is CC(C)(C)c1ccc2c(c1)Oc1cscc1O2. The molecule has 17 heavy (non-hydrogen) atoms. The molecule has 1 aliphatic rings. The predicted octanol–water partition coefficient (Wildman–Crippen LogP) is 4.94. The van der Waals surface area contributed by atoms with Crippen molar-refractivity contribution in [3.63, 3.8) is 0 Å². The van der Waals surface area contributed by atoms with E-state index in [0.717, 1.165) is 23.0 Å². The van der Waals surface area contributed by atoms with Gasteiger partial charge in [0.05, 0.1) is 0 Å². The maximum Gasteiger partial charge on any atom is 0.180 e. The number of benzene rings is 1. The Balaban J connectivity index is 2.04. The van der Waals surface area contributed by atoms with Crippen LogP contribution in [0.2, 0.25) is 0 Å². The lowest BCUT2D eigenvalue weighted by atomic mass is 9.87. The van der Waals surface area contributed by atoms with E-state index >= 15 is 0 Å². The first-order valence-electron chi connectivity index (χ1n) is 5.60. The van der Waals surface area contributed by atoms with Crippen LogP contribution in [0.5, 0.6) is 23.0 Å². The van der Waals surface area contributed by atoms with Crippen molar-refractivity contribution < 1.29 is 9.47 Å². The molecular formula is C14H14O2S. The van der Waals surface area contributed by atoms with Gasteiger partial charge in [0.1, 0.15) is 0 Å².